The zero-order valence-electron chi connectivity index (χ0n) is 14.7. The number of carbonyl (C=O) groups is 2. The van der Waals surface area contributed by atoms with Crippen molar-refractivity contribution in [2.75, 3.05) is 39.8 Å². The van der Waals surface area contributed by atoms with Crippen LogP contribution in [0.15, 0.2) is 19.0 Å². The van der Waals surface area contributed by atoms with Crippen LogP contribution in [0.1, 0.15) is 19.3 Å². The molecule has 2 saturated heterocycles. The number of likely N-dealkylation sites (N-methyl/N-ethyl adjacent to an activating group) is 1. The minimum absolute atomic E-state index is 0.0123. The molecule has 0 saturated carbocycles. The van der Waals surface area contributed by atoms with Gasteiger partial charge in [-0.3, -0.25) is 14.5 Å². The predicted molar refractivity (Wildman–Crippen MR) is 90.4 cm³/mol. The van der Waals surface area contributed by atoms with Gasteiger partial charge in [-0.05, 0) is 30.3 Å². The van der Waals surface area contributed by atoms with Crippen molar-refractivity contribution in [3.63, 3.8) is 0 Å². The Bertz CT molecular complexity index is 632. The first kappa shape index (κ1) is 17.5. The number of amides is 2. The van der Waals surface area contributed by atoms with E-state index in [9.17, 15) is 9.59 Å². The summed E-state index contributed by atoms with van der Waals surface area (Å²) >= 11 is 0. The van der Waals surface area contributed by atoms with Gasteiger partial charge in [-0.15, -0.1) is 11.7 Å². The quantitative estimate of drug-likeness (QED) is 0.675. The summed E-state index contributed by atoms with van der Waals surface area (Å²) in [5.74, 6) is 0.181. The van der Waals surface area contributed by atoms with Crippen LogP contribution in [0.25, 0.3) is 0 Å². The van der Waals surface area contributed by atoms with Crippen LogP contribution < -0.4 is 0 Å². The summed E-state index contributed by atoms with van der Waals surface area (Å²) < 4.78 is 1.44. The van der Waals surface area contributed by atoms with Crippen LogP contribution in [0.3, 0.4) is 0 Å². The molecular weight excluding hydrogens is 322 g/mol. The highest BCUT2D eigenvalue weighted by atomic mass is 16.2. The lowest BCUT2D eigenvalue weighted by Gasteiger charge is -2.49. The van der Waals surface area contributed by atoms with Crippen LogP contribution in [-0.2, 0) is 16.1 Å². The Morgan fingerprint density at radius 1 is 1.36 bits per heavy atom. The van der Waals surface area contributed by atoms with Gasteiger partial charge in [0.2, 0.25) is 11.8 Å². The van der Waals surface area contributed by atoms with Gasteiger partial charge in [0.05, 0.1) is 0 Å². The highest BCUT2D eigenvalue weighted by Crippen LogP contribution is 2.32. The van der Waals surface area contributed by atoms with E-state index in [0.717, 1.165) is 19.4 Å². The maximum atomic E-state index is 12.6. The monoisotopic (exact) mass is 347 g/mol. The lowest BCUT2D eigenvalue weighted by Crippen LogP contribution is -2.62. The normalized spacial score (nSPS) is 25.2. The molecule has 9 nitrogen and oxygen atoms in total. The minimum Gasteiger partial charge on any atom is -0.339 e. The van der Waals surface area contributed by atoms with Crippen molar-refractivity contribution >= 4 is 11.8 Å². The molecule has 0 aliphatic carbocycles. The summed E-state index contributed by atoms with van der Waals surface area (Å²) in [7, 11) is 2.09. The molecule has 136 valence electrons. The SMILES string of the molecule is C=CCN1CC[C@]2(CCC1=O)CN(C(=O)Cn1cnnn1)CCN2C. The molecule has 0 bridgehead atoms. The topological polar surface area (TPSA) is 87.5 Å². The number of tetrazole rings is 1. The maximum Gasteiger partial charge on any atom is 0.244 e. The first-order valence-electron chi connectivity index (χ1n) is 8.62. The van der Waals surface area contributed by atoms with Gasteiger partial charge >= 0.3 is 0 Å². The summed E-state index contributed by atoms with van der Waals surface area (Å²) in [5, 5.41) is 10.9. The smallest absolute Gasteiger partial charge is 0.244 e. The molecule has 2 amide bonds. The van der Waals surface area contributed by atoms with Crippen molar-refractivity contribution in [3.05, 3.63) is 19.0 Å². The third kappa shape index (κ3) is 3.71. The average Bonchev–Trinajstić information content (AvgIpc) is 3.06. The predicted octanol–water partition coefficient (Wildman–Crippen LogP) is -0.616. The third-order valence-electron chi connectivity index (χ3n) is 5.40. The highest BCUT2D eigenvalue weighted by molar-refractivity contribution is 5.77. The number of hydrogen-bond acceptors (Lipinski definition) is 6. The lowest BCUT2D eigenvalue weighted by molar-refractivity contribution is -0.137. The van der Waals surface area contributed by atoms with E-state index in [4.69, 9.17) is 0 Å². The molecule has 0 aromatic carbocycles. The number of carbonyl (C=O) groups excluding carboxylic acids is 2. The third-order valence-corrected chi connectivity index (χ3v) is 5.40. The second-order valence-corrected chi connectivity index (χ2v) is 6.85. The average molecular weight is 347 g/mol. The van der Waals surface area contributed by atoms with E-state index >= 15 is 0 Å². The van der Waals surface area contributed by atoms with Gasteiger partial charge in [0.15, 0.2) is 0 Å². The molecule has 3 heterocycles. The van der Waals surface area contributed by atoms with Gasteiger partial charge in [-0.25, -0.2) is 4.68 Å². The van der Waals surface area contributed by atoms with E-state index in [-0.39, 0.29) is 23.9 Å². The second kappa shape index (κ2) is 7.30. The maximum absolute atomic E-state index is 12.6. The Morgan fingerprint density at radius 3 is 2.92 bits per heavy atom. The second-order valence-electron chi connectivity index (χ2n) is 6.85. The van der Waals surface area contributed by atoms with Crippen LogP contribution in [-0.4, -0.2) is 92.0 Å². The molecule has 25 heavy (non-hydrogen) atoms. The Balaban J connectivity index is 1.70. The van der Waals surface area contributed by atoms with Crippen LogP contribution >= 0.6 is 0 Å². The molecule has 2 aliphatic rings. The molecule has 9 heteroatoms. The first-order valence-corrected chi connectivity index (χ1v) is 8.62. The van der Waals surface area contributed by atoms with E-state index in [0.29, 0.717) is 32.6 Å². The van der Waals surface area contributed by atoms with Gasteiger partial charge in [0.25, 0.3) is 0 Å². The Kier molecular flexibility index (Phi) is 5.12. The molecule has 2 fully saturated rings. The molecule has 0 radical (unpaired) electrons. The zero-order valence-corrected chi connectivity index (χ0v) is 14.7. The molecule has 1 aromatic heterocycles. The van der Waals surface area contributed by atoms with E-state index in [2.05, 4.69) is 34.1 Å². The van der Waals surface area contributed by atoms with E-state index in [1.54, 1.807) is 6.08 Å². The standard InChI is InChI=1S/C16H25N7O2/c1-3-7-21-8-6-16(5-4-14(21)24)12-22(10-9-20(16)2)15(25)11-23-13-17-18-19-23/h3,13H,1,4-12H2,2H3/t16-/m1/s1. The van der Waals surface area contributed by atoms with Crippen LogP contribution in [0.4, 0.5) is 0 Å². The van der Waals surface area contributed by atoms with Crippen LogP contribution in [0, 0.1) is 0 Å². The molecule has 1 atom stereocenters. The van der Waals surface area contributed by atoms with Crippen molar-refractivity contribution in [2.24, 2.45) is 0 Å². The van der Waals surface area contributed by atoms with Gasteiger partial charge in [0, 0.05) is 44.7 Å². The molecular formula is C16H25N7O2. The molecule has 1 spiro atoms. The summed E-state index contributed by atoms with van der Waals surface area (Å²) in [5.41, 5.74) is -0.153. The Morgan fingerprint density at radius 2 is 2.20 bits per heavy atom. The summed E-state index contributed by atoms with van der Waals surface area (Å²) in [6.07, 6.45) is 5.35. The zero-order chi connectivity index (χ0) is 17.9. The van der Waals surface area contributed by atoms with Crippen LogP contribution in [0.2, 0.25) is 0 Å². The van der Waals surface area contributed by atoms with Crippen molar-refractivity contribution in [1.82, 2.24) is 34.9 Å². The summed E-state index contributed by atoms with van der Waals surface area (Å²) in [4.78, 5) is 31.0. The summed E-state index contributed by atoms with van der Waals surface area (Å²) in [6.45, 7) is 7.29. The van der Waals surface area contributed by atoms with E-state index in [1.165, 1.54) is 11.0 Å². The van der Waals surface area contributed by atoms with Crippen molar-refractivity contribution in [3.8, 4) is 0 Å². The number of nitrogens with zero attached hydrogens (tertiary/aromatic N) is 7. The largest absolute Gasteiger partial charge is 0.339 e. The number of piperazine rings is 1. The molecule has 2 aliphatic heterocycles. The first-order chi connectivity index (χ1) is 12.0. The van der Waals surface area contributed by atoms with Crippen molar-refractivity contribution in [2.45, 2.75) is 31.3 Å². The minimum atomic E-state index is -0.153. The Hall–Kier alpha value is -2.29. The molecule has 0 N–H and O–H groups in total. The fraction of sp³-hybridized carbons (Fsp3) is 0.688. The number of likely N-dealkylation sites (tertiary alicyclic amines) is 1. The highest BCUT2D eigenvalue weighted by Gasteiger charge is 2.43. The number of aromatic nitrogens is 4. The van der Waals surface area contributed by atoms with Gasteiger partial charge in [0.1, 0.15) is 12.9 Å². The number of rotatable bonds is 4. The molecule has 3 rings (SSSR count). The fourth-order valence-electron chi connectivity index (χ4n) is 3.75. The van der Waals surface area contributed by atoms with E-state index in [1.807, 2.05) is 9.80 Å². The van der Waals surface area contributed by atoms with E-state index < -0.39 is 0 Å². The van der Waals surface area contributed by atoms with Gasteiger partial charge in [-0.1, -0.05) is 6.08 Å². The molecule has 1 aromatic rings. The van der Waals surface area contributed by atoms with Gasteiger partial charge in [-0.2, -0.15) is 0 Å². The van der Waals surface area contributed by atoms with Gasteiger partial charge < -0.3 is 9.80 Å². The Labute approximate surface area is 147 Å². The lowest BCUT2D eigenvalue weighted by atomic mass is 9.86. The van der Waals surface area contributed by atoms with Crippen molar-refractivity contribution < 1.29 is 9.59 Å². The van der Waals surface area contributed by atoms with Crippen molar-refractivity contribution in [1.29, 1.82) is 0 Å². The fourth-order valence-corrected chi connectivity index (χ4v) is 3.75. The molecule has 0 unspecified atom stereocenters. The van der Waals surface area contributed by atoms with Crippen LogP contribution in [0.5, 0.6) is 0 Å². The summed E-state index contributed by atoms with van der Waals surface area (Å²) in [6, 6.07) is 0. The number of hydrogen-bond donors (Lipinski definition) is 0.